The molecule has 6 N–H and O–H groups in total. The van der Waals surface area contributed by atoms with Crippen LogP contribution >= 0.6 is 7.82 Å². The Morgan fingerprint density at radius 3 is 1.51 bits per heavy atom. The molecule has 53 heavy (non-hydrogen) atoms. The molecule has 1 aliphatic carbocycles. The van der Waals surface area contributed by atoms with Gasteiger partial charge < -0.3 is 39.9 Å². The van der Waals surface area contributed by atoms with Gasteiger partial charge >= 0.3 is 19.8 Å². The number of unbranched alkanes of at least 4 members (excludes halogenated alkanes) is 17. The highest BCUT2D eigenvalue weighted by molar-refractivity contribution is 7.47. The van der Waals surface area contributed by atoms with E-state index in [1.54, 1.807) is 0 Å². The van der Waals surface area contributed by atoms with Crippen molar-refractivity contribution in [2.24, 2.45) is 0 Å². The first kappa shape index (κ1) is 49.3. The van der Waals surface area contributed by atoms with Crippen molar-refractivity contribution in [1.29, 1.82) is 0 Å². The van der Waals surface area contributed by atoms with Crippen LogP contribution in [0.3, 0.4) is 0 Å². The number of phosphoric acid groups is 1. The van der Waals surface area contributed by atoms with Crippen LogP contribution in [-0.4, -0.2) is 98.3 Å². The first-order valence-electron chi connectivity index (χ1n) is 20.2. The molecular weight excluding hydrogens is 707 g/mol. The fourth-order valence-corrected chi connectivity index (χ4v) is 6.96. The second kappa shape index (κ2) is 30.5. The fraction of sp³-hybridized carbons (Fsp3) is 0.846. The molecule has 0 aromatic rings. The van der Waals surface area contributed by atoms with E-state index in [0.29, 0.717) is 12.8 Å². The van der Waals surface area contributed by atoms with Crippen molar-refractivity contribution in [2.75, 3.05) is 13.2 Å². The monoisotopic (exact) mass is 778 g/mol. The molecule has 14 heteroatoms. The summed E-state index contributed by atoms with van der Waals surface area (Å²) in [5.74, 6) is -1.12. The Hall–Kier alpha value is -1.67. The van der Waals surface area contributed by atoms with Crippen LogP contribution < -0.4 is 0 Å². The highest BCUT2D eigenvalue weighted by atomic mass is 31.2. The summed E-state index contributed by atoms with van der Waals surface area (Å²) in [6.07, 6.45) is 16.9. The van der Waals surface area contributed by atoms with E-state index < -0.39 is 75.7 Å². The number of allylic oxidation sites excluding steroid dienone is 4. The van der Waals surface area contributed by atoms with Gasteiger partial charge in [0.15, 0.2) is 6.10 Å². The number of carbonyl (C=O) groups excluding carboxylic acids is 2. The van der Waals surface area contributed by atoms with Crippen molar-refractivity contribution in [3.63, 3.8) is 0 Å². The van der Waals surface area contributed by atoms with E-state index >= 15 is 0 Å². The number of carbonyl (C=O) groups is 2. The summed E-state index contributed by atoms with van der Waals surface area (Å²) in [5.41, 5.74) is 0. The highest BCUT2D eigenvalue weighted by Crippen LogP contribution is 2.47. The summed E-state index contributed by atoms with van der Waals surface area (Å²) in [6, 6.07) is 0. The second-order valence-electron chi connectivity index (χ2n) is 14.2. The molecule has 6 unspecified atom stereocenters. The maximum Gasteiger partial charge on any atom is 0.472 e. The maximum absolute atomic E-state index is 12.7. The highest BCUT2D eigenvalue weighted by Gasteiger charge is 2.51. The van der Waals surface area contributed by atoms with Crippen LogP contribution in [0.15, 0.2) is 24.3 Å². The van der Waals surface area contributed by atoms with Crippen molar-refractivity contribution < 1.29 is 63.1 Å². The van der Waals surface area contributed by atoms with Gasteiger partial charge in [-0.05, 0) is 38.5 Å². The maximum atomic E-state index is 12.7. The number of hydrogen-bond acceptors (Lipinski definition) is 12. The van der Waals surface area contributed by atoms with Gasteiger partial charge in [0, 0.05) is 12.8 Å². The van der Waals surface area contributed by atoms with E-state index in [9.17, 15) is 44.6 Å². The first-order chi connectivity index (χ1) is 25.4. The number of ether oxygens (including phenoxy) is 2. The first-order valence-corrected chi connectivity index (χ1v) is 21.7. The average molecular weight is 779 g/mol. The number of aliphatic hydroxyl groups excluding tert-OH is 5. The Kier molecular flexibility index (Phi) is 28.4. The molecule has 1 rings (SSSR count). The Morgan fingerprint density at radius 2 is 1.00 bits per heavy atom. The standard InChI is InChI=1S/C39H71O13P/c1-3-5-7-9-11-13-14-15-16-17-18-20-21-23-25-27-32(40)49-29-31(51-33(41)28-26-24-22-19-12-10-8-6-4-2)30-50-53(47,48)52-39-37(45)35(43)34(42)36(44)38(39)46/h13-16,31,34-39,42-46H,3-12,17-30H2,1-2H3,(H,47,48)/b14-13+,16-15+/t31-,34?,35-,36?,37?,38?,39?/m0/s1. The fourth-order valence-electron chi connectivity index (χ4n) is 5.98. The van der Waals surface area contributed by atoms with Crippen LogP contribution in [0.5, 0.6) is 0 Å². The summed E-state index contributed by atoms with van der Waals surface area (Å²) in [5, 5.41) is 49.9. The third-order valence-electron chi connectivity index (χ3n) is 9.32. The largest absolute Gasteiger partial charge is 0.472 e. The molecular formula is C39H71O13P. The molecule has 0 bridgehead atoms. The van der Waals surface area contributed by atoms with Crippen molar-refractivity contribution in [2.45, 2.75) is 198 Å². The molecule has 0 heterocycles. The Bertz CT molecular complexity index is 1040. The lowest BCUT2D eigenvalue weighted by Gasteiger charge is -2.41. The Morgan fingerprint density at radius 1 is 0.585 bits per heavy atom. The molecule has 1 fully saturated rings. The van der Waals surface area contributed by atoms with Crippen molar-refractivity contribution in [3.05, 3.63) is 24.3 Å². The normalized spacial score (nSPS) is 23.7. The number of rotatable bonds is 32. The smallest absolute Gasteiger partial charge is 0.462 e. The van der Waals surface area contributed by atoms with Crippen molar-refractivity contribution in [3.8, 4) is 0 Å². The lowest BCUT2D eigenvalue weighted by molar-refractivity contribution is -0.220. The second-order valence-corrected chi connectivity index (χ2v) is 15.6. The van der Waals surface area contributed by atoms with Gasteiger partial charge in [-0.1, -0.05) is 128 Å². The molecule has 1 aliphatic rings. The molecule has 1 saturated carbocycles. The van der Waals surface area contributed by atoms with E-state index in [4.69, 9.17) is 18.5 Å². The Labute approximate surface area is 317 Å². The topological polar surface area (TPSA) is 210 Å². The predicted molar refractivity (Wildman–Crippen MR) is 203 cm³/mol. The third-order valence-corrected chi connectivity index (χ3v) is 10.3. The third kappa shape index (κ3) is 23.8. The van der Waals surface area contributed by atoms with Crippen molar-refractivity contribution >= 4 is 19.8 Å². The quantitative estimate of drug-likeness (QED) is 0.0187. The van der Waals surface area contributed by atoms with Crippen LogP contribution in [-0.2, 0) is 32.7 Å². The zero-order valence-corrected chi connectivity index (χ0v) is 33.2. The van der Waals surface area contributed by atoms with Crippen LogP contribution in [0.4, 0.5) is 0 Å². The lowest BCUT2D eigenvalue weighted by atomic mass is 9.85. The molecule has 0 aliphatic heterocycles. The zero-order chi connectivity index (χ0) is 39.3. The lowest BCUT2D eigenvalue weighted by Crippen LogP contribution is -2.64. The minimum atomic E-state index is -5.11. The van der Waals surface area contributed by atoms with E-state index in [2.05, 4.69) is 38.2 Å². The van der Waals surface area contributed by atoms with Crippen LogP contribution in [0, 0.1) is 0 Å². The molecule has 0 amide bonds. The number of phosphoric ester groups is 1. The van der Waals surface area contributed by atoms with E-state index in [1.165, 1.54) is 51.4 Å². The van der Waals surface area contributed by atoms with E-state index in [-0.39, 0.29) is 12.8 Å². The summed E-state index contributed by atoms with van der Waals surface area (Å²) < 4.78 is 33.3. The van der Waals surface area contributed by atoms with Gasteiger partial charge in [0.25, 0.3) is 0 Å². The van der Waals surface area contributed by atoms with Crippen molar-refractivity contribution in [1.82, 2.24) is 0 Å². The minimum absolute atomic E-state index is 0.0950. The summed E-state index contributed by atoms with van der Waals surface area (Å²) >= 11 is 0. The zero-order valence-electron chi connectivity index (χ0n) is 32.3. The summed E-state index contributed by atoms with van der Waals surface area (Å²) in [7, 11) is -5.11. The van der Waals surface area contributed by atoms with Gasteiger partial charge in [0.05, 0.1) is 6.61 Å². The van der Waals surface area contributed by atoms with Gasteiger partial charge in [-0.25, -0.2) is 4.57 Å². The summed E-state index contributed by atoms with van der Waals surface area (Å²) in [4.78, 5) is 35.4. The molecule has 13 nitrogen and oxygen atoms in total. The molecule has 0 aromatic heterocycles. The van der Waals surface area contributed by atoms with Crippen LogP contribution in [0.25, 0.3) is 0 Å². The molecule has 0 radical (unpaired) electrons. The van der Waals surface area contributed by atoms with Crippen LogP contribution in [0.2, 0.25) is 0 Å². The van der Waals surface area contributed by atoms with Gasteiger partial charge in [0.1, 0.15) is 43.2 Å². The number of hydrogen-bond donors (Lipinski definition) is 6. The van der Waals surface area contributed by atoms with Crippen LogP contribution in [0.1, 0.15) is 155 Å². The molecule has 0 aromatic carbocycles. The van der Waals surface area contributed by atoms with Gasteiger partial charge in [-0.15, -0.1) is 0 Å². The Balaban J connectivity index is 2.52. The molecule has 0 spiro atoms. The molecule has 8 atom stereocenters. The average Bonchev–Trinajstić information content (AvgIpc) is 3.13. The van der Waals surface area contributed by atoms with E-state index in [0.717, 1.165) is 64.2 Å². The van der Waals surface area contributed by atoms with Gasteiger partial charge in [-0.2, -0.15) is 0 Å². The predicted octanol–water partition coefficient (Wildman–Crippen LogP) is 6.50. The molecule has 310 valence electrons. The summed E-state index contributed by atoms with van der Waals surface area (Å²) in [6.45, 7) is 3.20. The van der Waals surface area contributed by atoms with E-state index in [1.807, 2.05) is 0 Å². The molecule has 0 saturated heterocycles. The van der Waals surface area contributed by atoms with Gasteiger partial charge in [-0.3, -0.25) is 18.6 Å². The number of esters is 2. The SMILES string of the molecule is CCCCCC/C=C/C=C/CCCCCCCC(=O)OC[C@@H](COP(=O)(O)OC1C(O)C(O)C(O)[C@H](O)C1O)OC(=O)CCCCCCCCCCC. The number of aliphatic hydroxyl groups is 5. The minimum Gasteiger partial charge on any atom is -0.462 e. The van der Waals surface area contributed by atoms with Gasteiger partial charge in [0.2, 0.25) is 0 Å².